The zero-order valence-electron chi connectivity index (χ0n) is 11.1. The number of hydrogen-bond donors (Lipinski definition) is 0. The summed E-state index contributed by atoms with van der Waals surface area (Å²) in [4.78, 5) is 15.4. The first kappa shape index (κ1) is 14.2. The van der Waals surface area contributed by atoms with Crippen LogP contribution in [0.1, 0.15) is 32.0 Å². The number of carbonyl (C=O) groups excluding carboxylic acids is 1. The molecule has 0 atom stereocenters. The highest BCUT2D eigenvalue weighted by Gasteiger charge is 2.10. The molecule has 1 heterocycles. The number of hydrogen-bond acceptors (Lipinski definition) is 5. The second-order valence-electron chi connectivity index (χ2n) is 4.29. The zero-order valence-corrected chi connectivity index (χ0v) is 11.1. The Morgan fingerprint density at radius 3 is 2.80 bits per heavy atom. The Morgan fingerprint density at radius 2 is 2.10 bits per heavy atom. The Morgan fingerprint density at radius 1 is 1.35 bits per heavy atom. The fourth-order valence-corrected chi connectivity index (χ4v) is 1.56. The van der Waals surface area contributed by atoms with Crippen molar-refractivity contribution in [3.05, 3.63) is 35.9 Å². The predicted octanol–water partition coefficient (Wildman–Crippen LogP) is 3.11. The Hall–Kier alpha value is -2.24. The van der Waals surface area contributed by atoms with Crippen molar-refractivity contribution < 1.29 is 18.4 Å². The first-order chi connectivity index (χ1) is 9.69. The number of ether oxygens (including phenoxy) is 1. The quantitative estimate of drug-likeness (QED) is 0.759. The molecule has 0 bridgehead atoms. The lowest BCUT2D eigenvalue weighted by molar-refractivity contribution is -0.145. The van der Waals surface area contributed by atoms with Crippen LogP contribution in [0.4, 0.5) is 4.39 Å². The van der Waals surface area contributed by atoms with E-state index in [4.69, 9.17) is 9.26 Å². The Kier molecular flexibility index (Phi) is 4.81. The van der Waals surface area contributed by atoms with E-state index in [1.165, 1.54) is 12.1 Å². The van der Waals surface area contributed by atoms with Crippen LogP contribution in [0.2, 0.25) is 0 Å². The summed E-state index contributed by atoms with van der Waals surface area (Å²) < 4.78 is 22.8. The number of halogens is 1. The number of carbonyl (C=O) groups is 1. The lowest BCUT2D eigenvalue weighted by Gasteiger charge is -1.99. The smallest absolute Gasteiger partial charge is 0.306 e. The summed E-state index contributed by atoms with van der Waals surface area (Å²) in [5, 5.41) is 3.71. The van der Waals surface area contributed by atoms with E-state index < -0.39 is 0 Å². The lowest BCUT2D eigenvalue weighted by atomic mass is 10.2. The summed E-state index contributed by atoms with van der Waals surface area (Å²) in [7, 11) is 0. The van der Waals surface area contributed by atoms with E-state index in [1.54, 1.807) is 12.1 Å². The standard InChI is InChI=1S/C14H15FN2O3/c1-2-3-4-13(18)19-9-12-16-14(20-17-12)10-5-7-11(15)8-6-10/h5-8H,2-4,9H2,1H3. The molecule has 0 radical (unpaired) electrons. The number of esters is 1. The van der Waals surface area contributed by atoms with Gasteiger partial charge >= 0.3 is 5.97 Å². The highest BCUT2D eigenvalue weighted by Crippen LogP contribution is 2.17. The van der Waals surface area contributed by atoms with Gasteiger partial charge < -0.3 is 9.26 Å². The van der Waals surface area contributed by atoms with E-state index in [-0.39, 0.29) is 30.1 Å². The molecule has 0 fully saturated rings. The topological polar surface area (TPSA) is 65.2 Å². The number of rotatable bonds is 6. The molecule has 2 aromatic rings. The van der Waals surface area contributed by atoms with Gasteiger partial charge in [0.15, 0.2) is 6.61 Å². The molecular weight excluding hydrogens is 263 g/mol. The van der Waals surface area contributed by atoms with Gasteiger partial charge in [-0.2, -0.15) is 4.98 Å². The number of unbranched alkanes of at least 4 members (excludes halogenated alkanes) is 1. The molecule has 0 N–H and O–H groups in total. The molecule has 0 amide bonds. The minimum Gasteiger partial charge on any atom is -0.457 e. The van der Waals surface area contributed by atoms with Crippen molar-refractivity contribution >= 4 is 5.97 Å². The molecule has 0 saturated heterocycles. The number of benzene rings is 1. The van der Waals surface area contributed by atoms with Gasteiger partial charge in [-0.15, -0.1) is 0 Å². The van der Waals surface area contributed by atoms with Crippen LogP contribution in [0.15, 0.2) is 28.8 Å². The van der Waals surface area contributed by atoms with Gasteiger partial charge in [-0.05, 0) is 30.7 Å². The van der Waals surface area contributed by atoms with Gasteiger partial charge in [-0.1, -0.05) is 18.5 Å². The highest BCUT2D eigenvalue weighted by atomic mass is 19.1. The van der Waals surface area contributed by atoms with Crippen molar-refractivity contribution in [2.45, 2.75) is 32.8 Å². The van der Waals surface area contributed by atoms with E-state index >= 15 is 0 Å². The maximum Gasteiger partial charge on any atom is 0.306 e. The summed E-state index contributed by atoms with van der Waals surface area (Å²) in [6.45, 7) is 1.98. The van der Waals surface area contributed by atoms with Crippen molar-refractivity contribution in [2.75, 3.05) is 0 Å². The van der Waals surface area contributed by atoms with Crippen LogP contribution in [0.25, 0.3) is 11.5 Å². The van der Waals surface area contributed by atoms with E-state index in [0.717, 1.165) is 12.8 Å². The Balaban J connectivity index is 1.92. The molecule has 1 aromatic heterocycles. The van der Waals surface area contributed by atoms with Gasteiger partial charge in [0.05, 0.1) is 0 Å². The third kappa shape index (κ3) is 3.88. The monoisotopic (exact) mass is 278 g/mol. The summed E-state index contributed by atoms with van der Waals surface area (Å²) in [6.07, 6.45) is 2.12. The average molecular weight is 278 g/mol. The van der Waals surface area contributed by atoms with Gasteiger partial charge in [0, 0.05) is 12.0 Å². The Labute approximate surface area is 115 Å². The van der Waals surface area contributed by atoms with Gasteiger partial charge in [-0.25, -0.2) is 4.39 Å². The summed E-state index contributed by atoms with van der Waals surface area (Å²) >= 11 is 0. The minimum atomic E-state index is -0.335. The zero-order chi connectivity index (χ0) is 14.4. The second-order valence-corrected chi connectivity index (χ2v) is 4.29. The first-order valence-electron chi connectivity index (χ1n) is 6.43. The maximum absolute atomic E-state index is 12.8. The third-order valence-electron chi connectivity index (χ3n) is 2.66. The van der Waals surface area contributed by atoms with Crippen molar-refractivity contribution in [1.29, 1.82) is 0 Å². The van der Waals surface area contributed by atoms with E-state index in [9.17, 15) is 9.18 Å². The molecule has 0 unspecified atom stereocenters. The van der Waals surface area contributed by atoms with Crippen LogP contribution >= 0.6 is 0 Å². The molecule has 6 heteroatoms. The molecule has 0 aliphatic rings. The normalized spacial score (nSPS) is 10.5. The maximum atomic E-state index is 12.8. The number of nitrogens with zero attached hydrogens (tertiary/aromatic N) is 2. The van der Waals surface area contributed by atoms with Gasteiger partial charge in [0.2, 0.25) is 5.82 Å². The van der Waals surface area contributed by atoms with Crippen LogP contribution in [0, 0.1) is 5.82 Å². The van der Waals surface area contributed by atoms with E-state index in [1.807, 2.05) is 6.92 Å². The van der Waals surface area contributed by atoms with Crippen LogP contribution < -0.4 is 0 Å². The van der Waals surface area contributed by atoms with Gasteiger partial charge in [-0.3, -0.25) is 4.79 Å². The molecule has 106 valence electrons. The second kappa shape index (κ2) is 6.79. The molecule has 5 nitrogen and oxygen atoms in total. The summed E-state index contributed by atoms with van der Waals surface area (Å²) in [5.41, 5.74) is 0.613. The third-order valence-corrected chi connectivity index (χ3v) is 2.66. The molecule has 1 aromatic carbocycles. The highest BCUT2D eigenvalue weighted by molar-refractivity contribution is 5.69. The predicted molar refractivity (Wildman–Crippen MR) is 69.0 cm³/mol. The average Bonchev–Trinajstić information content (AvgIpc) is 2.92. The minimum absolute atomic E-state index is 0.0206. The van der Waals surface area contributed by atoms with Crippen LogP contribution in [-0.4, -0.2) is 16.1 Å². The van der Waals surface area contributed by atoms with E-state index in [2.05, 4.69) is 10.1 Å². The summed E-state index contributed by atoms with van der Waals surface area (Å²) in [6, 6.07) is 5.70. The molecule has 2 rings (SSSR count). The molecule has 0 aliphatic heterocycles. The van der Waals surface area contributed by atoms with E-state index in [0.29, 0.717) is 12.0 Å². The summed E-state index contributed by atoms with van der Waals surface area (Å²) in [5.74, 6) is -0.0582. The van der Waals surface area contributed by atoms with Crippen molar-refractivity contribution in [3.63, 3.8) is 0 Å². The lowest BCUT2D eigenvalue weighted by Crippen LogP contribution is -2.05. The molecule has 20 heavy (non-hydrogen) atoms. The van der Waals surface area contributed by atoms with Crippen molar-refractivity contribution in [3.8, 4) is 11.5 Å². The fraction of sp³-hybridized carbons (Fsp3) is 0.357. The fourth-order valence-electron chi connectivity index (χ4n) is 1.56. The Bertz CT molecular complexity index is 566. The van der Waals surface area contributed by atoms with Crippen LogP contribution in [0.3, 0.4) is 0 Å². The van der Waals surface area contributed by atoms with Crippen molar-refractivity contribution in [2.24, 2.45) is 0 Å². The molecular formula is C14H15FN2O3. The molecule has 0 saturated carbocycles. The largest absolute Gasteiger partial charge is 0.457 e. The van der Waals surface area contributed by atoms with Crippen LogP contribution in [-0.2, 0) is 16.1 Å². The molecule has 0 aliphatic carbocycles. The van der Waals surface area contributed by atoms with Gasteiger partial charge in [0.25, 0.3) is 5.89 Å². The first-order valence-corrected chi connectivity index (χ1v) is 6.43. The van der Waals surface area contributed by atoms with Gasteiger partial charge in [0.1, 0.15) is 5.82 Å². The number of aromatic nitrogens is 2. The van der Waals surface area contributed by atoms with Crippen LogP contribution in [0.5, 0.6) is 0 Å². The molecule has 0 spiro atoms. The SMILES string of the molecule is CCCCC(=O)OCc1noc(-c2ccc(F)cc2)n1. The van der Waals surface area contributed by atoms with Crippen molar-refractivity contribution in [1.82, 2.24) is 10.1 Å².